The van der Waals surface area contributed by atoms with Crippen molar-refractivity contribution in [2.75, 3.05) is 13.2 Å². The number of rotatable bonds is 48. The van der Waals surface area contributed by atoms with E-state index in [0.29, 0.717) is 19.3 Å². The molecule has 0 aliphatic heterocycles. The van der Waals surface area contributed by atoms with Crippen molar-refractivity contribution in [3.05, 3.63) is 97.2 Å². The summed E-state index contributed by atoms with van der Waals surface area (Å²) in [6.45, 7) is 6.42. The third-order valence-corrected chi connectivity index (χ3v) is 11.4. The molecule has 6 nitrogen and oxygen atoms in total. The summed E-state index contributed by atoms with van der Waals surface area (Å²) in [4.78, 5) is 38.1. The Morgan fingerprint density at radius 2 is 0.652 bits per heavy atom. The summed E-state index contributed by atoms with van der Waals surface area (Å²) in [5.74, 6) is -0.946. The molecular weight excluding hydrogens is 817 g/mol. The summed E-state index contributed by atoms with van der Waals surface area (Å²) in [6, 6.07) is 0. The molecule has 0 radical (unpaired) electrons. The number of carbonyl (C=O) groups excluding carboxylic acids is 3. The minimum atomic E-state index is -0.800. The molecule has 0 heterocycles. The summed E-state index contributed by atoms with van der Waals surface area (Å²) in [5.41, 5.74) is 0. The monoisotopic (exact) mass is 917 g/mol. The molecule has 0 amide bonds. The highest BCUT2D eigenvalue weighted by Crippen LogP contribution is 2.14. The van der Waals surface area contributed by atoms with Gasteiger partial charge in [-0.05, 0) is 96.3 Å². The summed E-state index contributed by atoms with van der Waals surface area (Å²) in [7, 11) is 0. The fourth-order valence-corrected chi connectivity index (χ4v) is 7.30. The Morgan fingerprint density at radius 3 is 1.06 bits per heavy atom. The Kier molecular flexibility index (Phi) is 50.9. The molecule has 0 bridgehead atoms. The minimum Gasteiger partial charge on any atom is -0.462 e. The van der Waals surface area contributed by atoms with E-state index >= 15 is 0 Å². The predicted molar refractivity (Wildman–Crippen MR) is 284 cm³/mol. The molecule has 376 valence electrons. The lowest BCUT2D eigenvalue weighted by Crippen LogP contribution is -2.30. The maximum Gasteiger partial charge on any atom is 0.306 e. The van der Waals surface area contributed by atoms with Gasteiger partial charge < -0.3 is 14.2 Å². The first-order valence-corrected chi connectivity index (χ1v) is 27.3. The third kappa shape index (κ3) is 51.3. The Labute approximate surface area is 407 Å². The van der Waals surface area contributed by atoms with E-state index in [1.807, 2.05) is 0 Å². The SMILES string of the molecule is CC\C=C/C=C\C=C/CCCCCCCC(=O)OCC(COC(=O)CCCCCCC\C=C/C=C\C=C/CCCCCCC)OC(=O)CCCCCCCCC/C=C\C/C=C\CCCCC. The Bertz CT molecular complexity index is 1330. The number of unbranched alkanes of at least 4 members (excludes halogenated alkanes) is 25. The van der Waals surface area contributed by atoms with E-state index in [1.54, 1.807) is 0 Å². The van der Waals surface area contributed by atoms with E-state index < -0.39 is 6.10 Å². The molecule has 0 aliphatic carbocycles. The maximum atomic E-state index is 12.8. The topological polar surface area (TPSA) is 78.9 Å². The molecule has 1 atom stereocenters. The normalized spacial score (nSPS) is 12.8. The molecule has 0 fully saturated rings. The van der Waals surface area contributed by atoms with Gasteiger partial charge in [-0.2, -0.15) is 0 Å². The highest BCUT2D eigenvalue weighted by molar-refractivity contribution is 5.71. The molecule has 0 aliphatic rings. The van der Waals surface area contributed by atoms with Crippen LogP contribution in [0.25, 0.3) is 0 Å². The molecule has 1 unspecified atom stereocenters. The first-order valence-electron chi connectivity index (χ1n) is 27.3. The quantitative estimate of drug-likeness (QED) is 0.0199. The van der Waals surface area contributed by atoms with E-state index in [1.165, 1.54) is 83.5 Å². The van der Waals surface area contributed by atoms with Crippen LogP contribution in [0.1, 0.15) is 245 Å². The van der Waals surface area contributed by atoms with Crippen LogP contribution in [0.15, 0.2) is 97.2 Å². The Morgan fingerprint density at radius 1 is 0.333 bits per heavy atom. The van der Waals surface area contributed by atoms with E-state index in [0.717, 1.165) is 122 Å². The first kappa shape index (κ1) is 62.3. The maximum absolute atomic E-state index is 12.8. The van der Waals surface area contributed by atoms with E-state index in [4.69, 9.17) is 14.2 Å². The molecule has 0 aromatic heterocycles. The number of carbonyl (C=O) groups is 3. The lowest BCUT2D eigenvalue weighted by atomic mass is 10.1. The number of esters is 3. The lowest BCUT2D eigenvalue weighted by Gasteiger charge is -2.18. The van der Waals surface area contributed by atoms with E-state index in [9.17, 15) is 14.4 Å². The average molecular weight is 917 g/mol. The van der Waals surface area contributed by atoms with Gasteiger partial charge in [-0.1, -0.05) is 227 Å². The zero-order valence-electron chi connectivity index (χ0n) is 42.9. The summed E-state index contributed by atoms with van der Waals surface area (Å²) in [6.07, 6.45) is 71.0. The highest BCUT2D eigenvalue weighted by Gasteiger charge is 2.19. The van der Waals surface area contributed by atoms with Crippen molar-refractivity contribution in [3.8, 4) is 0 Å². The van der Waals surface area contributed by atoms with Crippen LogP contribution in [-0.2, 0) is 28.6 Å². The van der Waals surface area contributed by atoms with E-state index in [-0.39, 0.29) is 31.1 Å². The van der Waals surface area contributed by atoms with Crippen LogP contribution in [-0.4, -0.2) is 37.2 Å². The van der Waals surface area contributed by atoms with Crippen molar-refractivity contribution in [1.29, 1.82) is 0 Å². The second-order valence-electron chi connectivity index (χ2n) is 17.9. The van der Waals surface area contributed by atoms with Crippen LogP contribution >= 0.6 is 0 Å². The van der Waals surface area contributed by atoms with Crippen molar-refractivity contribution < 1.29 is 28.6 Å². The molecule has 0 spiro atoms. The van der Waals surface area contributed by atoms with Gasteiger partial charge in [-0.25, -0.2) is 0 Å². The Hall–Kier alpha value is -3.67. The van der Waals surface area contributed by atoms with Crippen LogP contribution < -0.4 is 0 Å². The molecule has 0 aromatic carbocycles. The van der Waals surface area contributed by atoms with Crippen LogP contribution in [0.4, 0.5) is 0 Å². The van der Waals surface area contributed by atoms with Crippen LogP contribution in [0, 0.1) is 0 Å². The van der Waals surface area contributed by atoms with Gasteiger partial charge in [0.2, 0.25) is 0 Å². The number of hydrogen-bond donors (Lipinski definition) is 0. The number of ether oxygens (including phenoxy) is 3. The first-order chi connectivity index (χ1) is 32.5. The average Bonchev–Trinajstić information content (AvgIpc) is 3.31. The number of hydrogen-bond acceptors (Lipinski definition) is 6. The van der Waals surface area contributed by atoms with Crippen LogP contribution in [0.3, 0.4) is 0 Å². The highest BCUT2D eigenvalue weighted by atomic mass is 16.6. The lowest BCUT2D eigenvalue weighted by molar-refractivity contribution is -0.167. The summed E-state index contributed by atoms with van der Waals surface area (Å²) in [5, 5.41) is 0. The van der Waals surface area contributed by atoms with Gasteiger partial charge in [0.05, 0.1) is 0 Å². The zero-order valence-corrected chi connectivity index (χ0v) is 42.9. The fraction of sp³-hybridized carbons (Fsp3) is 0.683. The van der Waals surface area contributed by atoms with Gasteiger partial charge in [-0.3, -0.25) is 14.4 Å². The second kappa shape index (κ2) is 53.9. The number of allylic oxidation sites excluding steroid dienone is 16. The molecule has 66 heavy (non-hydrogen) atoms. The van der Waals surface area contributed by atoms with Gasteiger partial charge >= 0.3 is 17.9 Å². The Balaban J connectivity index is 4.46. The van der Waals surface area contributed by atoms with Crippen LogP contribution in [0.2, 0.25) is 0 Å². The molecular formula is C60H100O6. The fourth-order valence-electron chi connectivity index (χ4n) is 7.30. The van der Waals surface area contributed by atoms with Gasteiger partial charge in [0.15, 0.2) is 6.10 Å². The largest absolute Gasteiger partial charge is 0.462 e. The van der Waals surface area contributed by atoms with Crippen molar-refractivity contribution in [2.24, 2.45) is 0 Å². The van der Waals surface area contributed by atoms with E-state index in [2.05, 4.69) is 118 Å². The molecule has 0 saturated carbocycles. The zero-order chi connectivity index (χ0) is 47.9. The smallest absolute Gasteiger partial charge is 0.306 e. The molecule has 0 aromatic rings. The van der Waals surface area contributed by atoms with Gasteiger partial charge in [0, 0.05) is 19.3 Å². The predicted octanol–water partition coefficient (Wildman–Crippen LogP) is 18.1. The van der Waals surface area contributed by atoms with Crippen molar-refractivity contribution in [2.45, 2.75) is 252 Å². The summed E-state index contributed by atoms with van der Waals surface area (Å²) >= 11 is 0. The van der Waals surface area contributed by atoms with Crippen molar-refractivity contribution in [3.63, 3.8) is 0 Å². The molecule has 6 heteroatoms. The van der Waals surface area contributed by atoms with Gasteiger partial charge in [-0.15, -0.1) is 0 Å². The van der Waals surface area contributed by atoms with Crippen molar-refractivity contribution >= 4 is 17.9 Å². The van der Waals surface area contributed by atoms with Crippen molar-refractivity contribution in [1.82, 2.24) is 0 Å². The van der Waals surface area contributed by atoms with Gasteiger partial charge in [0.1, 0.15) is 13.2 Å². The summed E-state index contributed by atoms with van der Waals surface area (Å²) < 4.78 is 16.8. The van der Waals surface area contributed by atoms with Gasteiger partial charge in [0.25, 0.3) is 0 Å². The molecule has 0 saturated heterocycles. The second-order valence-corrected chi connectivity index (χ2v) is 17.9. The third-order valence-electron chi connectivity index (χ3n) is 11.4. The molecule has 0 rings (SSSR count). The van der Waals surface area contributed by atoms with Crippen LogP contribution in [0.5, 0.6) is 0 Å². The minimum absolute atomic E-state index is 0.0991. The molecule has 0 N–H and O–H groups in total. The standard InChI is InChI=1S/C60H100O6/c1-4-7-10-13-16-19-22-25-27-29-31-32-35-38-41-44-47-50-53-59(62)65-56-57(55-64-58(61)52-49-46-43-40-37-34-24-21-18-15-12-9-6-3)66-60(63)54-51-48-45-42-39-36-33-30-28-26-23-20-17-14-11-8-5-2/h9,12,15,17-18,20-22,24-29,31-32,57H,4-8,10-11,13-14,16,19,23,30,33-56H2,1-3H3/b12-9-,18-15-,20-17-,24-21-,25-22-,28-26-,29-27-,32-31-.